The third-order valence-corrected chi connectivity index (χ3v) is 12.8. The average molecular weight is 862 g/mol. The van der Waals surface area contributed by atoms with Crippen molar-refractivity contribution in [1.29, 1.82) is 0 Å². The maximum Gasteiger partial charge on any atom is 0.306 e. The summed E-state index contributed by atoms with van der Waals surface area (Å²) in [6.07, 6.45) is 55.6. The van der Waals surface area contributed by atoms with E-state index in [-0.39, 0.29) is 24.9 Å². The van der Waals surface area contributed by atoms with E-state index in [0.29, 0.717) is 19.3 Å². The van der Waals surface area contributed by atoms with Crippen LogP contribution in [0.1, 0.15) is 303 Å². The first-order valence-electron chi connectivity index (χ1n) is 27.4. The Labute approximate surface area is 380 Å². The van der Waals surface area contributed by atoms with Crippen molar-refractivity contribution >= 4 is 11.9 Å². The van der Waals surface area contributed by atoms with E-state index >= 15 is 0 Å². The number of allylic oxidation sites excluding steroid dienone is 2. The minimum Gasteiger partial charge on any atom is -0.462 e. The van der Waals surface area contributed by atoms with Crippen LogP contribution < -0.4 is 5.32 Å². The molecule has 0 bridgehead atoms. The molecule has 61 heavy (non-hydrogen) atoms. The number of aliphatic hydroxyl groups excluding tert-OH is 2. The Bertz CT molecular complexity index is 924. The molecule has 0 aliphatic rings. The number of carbonyl (C=O) groups excluding carboxylic acids is 2. The SMILES string of the molecule is CCCCCCCCCCC/C=C/CCCCCC(CC(=O)NC(CO)C(O)CCCCCCCCCCCCCCCC)OC(=O)CCCCCCCCCCCCCC. The topological polar surface area (TPSA) is 95.9 Å². The van der Waals surface area contributed by atoms with E-state index in [9.17, 15) is 19.8 Å². The number of nitrogens with one attached hydrogen (secondary N) is 1. The number of amides is 1. The molecule has 0 aromatic rings. The largest absolute Gasteiger partial charge is 0.462 e. The molecule has 3 unspecified atom stereocenters. The average Bonchev–Trinajstić information content (AvgIpc) is 3.25. The van der Waals surface area contributed by atoms with Crippen LogP contribution in [0.5, 0.6) is 0 Å². The molecule has 0 fully saturated rings. The molecule has 0 aliphatic heterocycles. The van der Waals surface area contributed by atoms with Crippen molar-refractivity contribution in [2.75, 3.05) is 6.61 Å². The van der Waals surface area contributed by atoms with E-state index in [1.807, 2.05) is 0 Å². The number of hydrogen-bond acceptors (Lipinski definition) is 5. The lowest BCUT2D eigenvalue weighted by atomic mass is 10.0. The zero-order valence-corrected chi connectivity index (χ0v) is 41.3. The molecule has 0 aliphatic carbocycles. The molecule has 6 heteroatoms. The summed E-state index contributed by atoms with van der Waals surface area (Å²) in [6.45, 7) is 6.51. The van der Waals surface area contributed by atoms with E-state index in [1.165, 1.54) is 199 Å². The van der Waals surface area contributed by atoms with E-state index in [1.54, 1.807) is 0 Å². The summed E-state index contributed by atoms with van der Waals surface area (Å²) < 4.78 is 5.94. The Morgan fingerprint density at radius 1 is 0.459 bits per heavy atom. The Morgan fingerprint density at radius 2 is 0.787 bits per heavy atom. The molecule has 1 amide bonds. The van der Waals surface area contributed by atoms with Gasteiger partial charge >= 0.3 is 5.97 Å². The van der Waals surface area contributed by atoms with Crippen LogP contribution in [0.2, 0.25) is 0 Å². The monoisotopic (exact) mass is 862 g/mol. The molecule has 0 aromatic heterocycles. The Morgan fingerprint density at radius 3 is 1.18 bits per heavy atom. The number of hydrogen-bond donors (Lipinski definition) is 3. The lowest BCUT2D eigenvalue weighted by Gasteiger charge is -2.24. The zero-order valence-electron chi connectivity index (χ0n) is 41.3. The molecule has 0 rings (SSSR count). The van der Waals surface area contributed by atoms with Crippen LogP contribution in [0.25, 0.3) is 0 Å². The Balaban J connectivity index is 4.54. The molecule has 3 N–H and O–H groups in total. The highest BCUT2D eigenvalue weighted by atomic mass is 16.5. The van der Waals surface area contributed by atoms with Crippen LogP contribution in [0, 0.1) is 0 Å². The van der Waals surface area contributed by atoms with Gasteiger partial charge in [0.15, 0.2) is 0 Å². The minimum absolute atomic E-state index is 0.0743. The van der Waals surface area contributed by atoms with Gasteiger partial charge in [0.1, 0.15) is 6.10 Å². The van der Waals surface area contributed by atoms with E-state index in [4.69, 9.17) is 4.74 Å². The second-order valence-corrected chi connectivity index (χ2v) is 19.0. The van der Waals surface area contributed by atoms with Gasteiger partial charge in [-0.2, -0.15) is 0 Å². The summed E-state index contributed by atoms with van der Waals surface area (Å²) in [5, 5.41) is 23.8. The summed E-state index contributed by atoms with van der Waals surface area (Å²) in [6, 6.07) is -0.700. The van der Waals surface area contributed by atoms with Gasteiger partial charge in [-0.25, -0.2) is 0 Å². The fourth-order valence-corrected chi connectivity index (χ4v) is 8.66. The van der Waals surface area contributed by atoms with Crippen LogP contribution in [0.4, 0.5) is 0 Å². The molecule has 0 spiro atoms. The molecule has 0 heterocycles. The molecule has 0 saturated carbocycles. The van der Waals surface area contributed by atoms with Gasteiger partial charge in [0, 0.05) is 6.42 Å². The fraction of sp³-hybridized carbons (Fsp3) is 0.927. The van der Waals surface area contributed by atoms with Crippen LogP contribution >= 0.6 is 0 Å². The number of carbonyl (C=O) groups is 2. The maximum atomic E-state index is 13.2. The first-order valence-corrected chi connectivity index (χ1v) is 27.4. The molecule has 0 aromatic carbocycles. The van der Waals surface area contributed by atoms with Crippen molar-refractivity contribution in [1.82, 2.24) is 5.32 Å². The van der Waals surface area contributed by atoms with Crippen molar-refractivity contribution in [3.8, 4) is 0 Å². The van der Waals surface area contributed by atoms with Gasteiger partial charge in [-0.3, -0.25) is 9.59 Å². The van der Waals surface area contributed by atoms with Crippen LogP contribution in [-0.4, -0.2) is 46.9 Å². The Kier molecular flexibility index (Phi) is 48.5. The third-order valence-electron chi connectivity index (χ3n) is 12.8. The number of rotatable bonds is 50. The summed E-state index contributed by atoms with van der Waals surface area (Å²) in [7, 11) is 0. The van der Waals surface area contributed by atoms with E-state index < -0.39 is 18.2 Å². The van der Waals surface area contributed by atoms with Crippen molar-refractivity contribution in [2.45, 2.75) is 322 Å². The van der Waals surface area contributed by atoms with Crippen molar-refractivity contribution in [3.05, 3.63) is 12.2 Å². The second kappa shape index (κ2) is 49.6. The normalized spacial score (nSPS) is 13.2. The van der Waals surface area contributed by atoms with Gasteiger partial charge in [0.2, 0.25) is 5.91 Å². The molecular weight excluding hydrogens is 755 g/mol. The fourth-order valence-electron chi connectivity index (χ4n) is 8.66. The molecule has 3 atom stereocenters. The first-order chi connectivity index (χ1) is 30.0. The van der Waals surface area contributed by atoms with Gasteiger partial charge in [0.05, 0.1) is 25.2 Å². The highest BCUT2D eigenvalue weighted by Crippen LogP contribution is 2.18. The molecule has 0 radical (unpaired) electrons. The van der Waals surface area contributed by atoms with Gasteiger partial charge in [-0.1, -0.05) is 251 Å². The van der Waals surface area contributed by atoms with E-state index in [2.05, 4.69) is 38.2 Å². The standard InChI is InChI=1S/C55H107NO5/c1-4-7-10-13-16-19-22-25-27-28-29-31-34-37-40-43-46-51(61-55(60)48-45-42-39-36-33-24-21-18-15-12-9-6-3)49-54(59)56-52(50-57)53(58)47-44-41-38-35-32-30-26-23-20-17-14-11-8-5-2/h29,31,51-53,57-58H,4-28,30,32-50H2,1-3H3,(H,56,59)/b31-29+. The van der Waals surface area contributed by atoms with Crippen molar-refractivity contribution in [3.63, 3.8) is 0 Å². The van der Waals surface area contributed by atoms with Gasteiger partial charge in [-0.05, 0) is 51.4 Å². The zero-order chi connectivity index (χ0) is 44.5. The van der Waals surface area contributed by atoms with Crippen molar-refractivity contribution in [2.24, 2.45) is 0 Å². The van der Waals surface area contributed by atoms with Gasteiger partial charge in [0.25, 0.3) is 0 Å². The summed E-state index contributed by atoms with van der Waals surface area (Å²) in [4.78, 5) is 26.2. The number of unbranched alkanes of at least 4 members (excludes halogenated alkanes) is 36. The van der Waals surface area contributed by atoms with Crippen LogP contribution in [0.3, 0.4) is 0 Å². The lowest BCUT2D eigenvalue weighted by molar-refractivity contribution is -0.151. The third kappa shape index (κ3) is 45.0. The minimum atomic E-state index is -0.786. The number of esters is 1. The molecule has 0 saturated heterocycles. The van der Waals surface area contributed by atoms with Crippen molar-refractivity contribution < 1.29 is 24.5 Å². The highest BCUT2D eigenvalue weighted by Gasteiger charge is 2.24. The summed E-state index contributed by atoms with van der Waals surface area (Å²) in [5.41, 5.74) is 0. The predicted molar refractivity (Wildman–Crippen MR) is 264 cm³/mol. The second-order valence-electron chi connectivity index (χ2n) is 19.0. The Hall–Kier alpha value is -1.40. The molecule has 362 valence electrons. The molecular formula is C55H107NO5. The predicted octanol–water partition coefficient (Wildman–Crippen LogP) is 16.5. The smallest absolute Gasteiger partial charge is 0.306 e. The highest BCUT2D eigenvalue weighted by molar-refractivity contribution is 5.77. The quantitative estimate of drug-likeness (QED) is 0.0322. The lowest BCUT2D eigenvalue weighted by Crippen LogP contribution is -2.46. The molecule has 6 nitrogen and oxygen atoms in total. The van der Waals surface area contributed by atoms with Gasteiger partial charge in [-0.15, -0.1) is 0 Å². The first kappa shape index (κ1) is 59.6. The van der Waals surface area contributed by atoms with Crippen LogP contribution in [0.15, 0.2) is 12.2 Å². The number of aliphatic hydroxyl groups is 2. The van der Waals surface area contributed by atoms with Crippen LogP contribution in [-0.2, 0) is 14.3 Å². The maximum absolute atomic E-state index is 13.2. The summed E-state index contributed by atoms with van der Waals surface area (Å²) in [5.74, 6) is -0.470. The summed E-state index contributed by atoms with van der Waals surface area (Å²) >= 11 is 0. The number of ether oxygens (including phenoxy) is 1. The van der Waals surface area contributed by atoms with E-state index in [0.717, 1.165) is 57.8 Å². The van der Waals surface area contributed by atoms with Gasteiger partial charge < -0.3 is 20.3 Å².